The van der Waals surface area contributed by atoms with Crippen molar-refractivity contribution < 1.29 is 4.79 Å². The quantitative estimate of drug-likeness (QED) is 0.388. The third-order valence-electron chi connectivity index (χ3n) is 5.06. The fourth-order valence-electron chi connectivity index (χ4n) is 3.31. The number of rotatable bonds is 3. The second kappa shape index (κ2) is 7.46. The van der Waals surface area contributed by atoms with Crippen LogP contribution in [0.25, 0.3) is 5.57 Å². The summed E-state index contributed by atoms with van der Waals surface area (Å²) in [6.45, 7) is 8.63. The van der Waals surface area contributed by atoms with Gasteiger partial charge in [0.25, 0.3) is 5.91 Å². The number of fused-ring (bicyclic) bond motifs is 1. The molecule has 0 saturated heterocycles. The van der Waals surface area contributed by atoms with Gasteiger partial charge in [-0.2, -0.15) is 5.10 Å². The highest BCUT2D eigenvalue weighted by atomic mass is 127. The largest absolute Gasteiger partial charge is 0.365 e. The van der Waals surface area contributed by atoms with E-state index in [1.807, 2.05) is 18.2 Å². The van der Waals surface area contributed by atoms with Gasteiger partial charge in [0, 0.05) is 27.4 Å². The van der Waals surface area contributed by atoms with Gasteiger partial charge in [-0.25, -0.2) is 5.43 Å². The van der Waals surface area contributed by atoms with Gasteiger partial charge in [-0.1, -0.05) is 12.1 Å². The normalized spacial score (nSPS) is 15.5. The van der Waals surface area contributed by atoms with Crippen LogP contribution in [0.2, 0.25) is 0 Å². The highest BCUT2D eigenvalue weighted by Crippen LogP contribution is 2.38. The summed E-state index contributed by atoms with van der Waals surface area (Å²) in [5.41, 5.74) is 9.00. The van der Waals surface area contributed by atoms with Crippen LogP contribution in [0, 0.1) is 10.5 Å². The number of hydrogen-bond acceptors (Lipinski definition) is 3. The smallest absolute Gasteiger partial charge is 0.271 e. The van der Waals surface area contributed by atoms with Gasteiger partial charge in [0.1, 0.15) is 0 Å². The molecule has 0 bridgehead atoms. The van der Waals surface area contributed by atoms with Crippen molar-refractivity contribution in [3.05, 3.63) is 68.3 Å². The molecule has 5 heteroatoms. The van der Waals surface area contributed by atoms with Gasteiger partial charge in [0.2, 0.25) is 0 Å². The van der Waals surface area contributed by atoms with Crippen molar-refractivity contribution >= 4 is 46.0 Å². The Balaban J connectivity index is 1.83. The molecule has 3 rings (SSSR count). The van der Waals surface area contributed by atoms with E-state index in [4.69, 9.17) is 0 Å². The molecule has 0 saturated carbocycles. The van der Waals surface area contributed by atoms with Gasteiger partial charge in [-0.05, 0) is 97.3 Å². The molecule has 0 radical (unpaired) electrons. The van der Waals surface area contributed by atoms with Crippen LogP contribution in [0.3, 0.4) is 0 Å². The zero-order valence-electron chi connectivity index (χ0n) is 16.3. The van der Waals surface area contributed by atoms with Crippen LogP contribution in [-0.2, 0) is 0 Å². The van der Waals surface area contributed by atoms with E-state index in [1.165, 1.54) is 16.8 Å². The molecule has 27 heavy (non-hydrogen) atoms. The van der Waals surface area contributed by atoms with Crippen LogP contribution >= 0.6 is 22.6 Å². The number of hydrogen-bond donors (Lipinski definition) is 1. The number of nitrogens with zero attached hydrogens (tertiary/aromatic N) is 2. The molecule has 0 atom stereocenters. The number of nitrogens with one attached hydrogen (secondary N) is 1. The van der Waals surface area contributed by atoms with Crippen molar-refractivity contribution in [3.8, 4) is 0 Å². The minimum Gasteiger partial charge on any atom is -0.365 e. The predicted octanol–water partition coefficient (Wildman–Crippen LogP) is 5.00. The van der Waals surface area contributed by atoms with Crippen molar-refractivity contribution in [2.75, 3.05) is 11.9 Å². The number of allylic oxidation sites excluding steroid dienone is 1. The Bertz CT molecular complexity index is 960. The van der Waals surface area contributed by atoms with E-state index >= 15 is 0 Å². The van der Waals surface area contributed by atoms with Crippen LogP contribution in [0.1, 0.15) is 47.8 Å². The topological polar surface area (TPSA) is 44.7 Å². The summed E-state index contributed by atoms with van der Waals surface area (Å²) < 4.78 is 1.02. The molecule has 1 aliphatic heterocycles. The van der Waals surface area contributed by atoms with Crippen molar-refractivity contribution in [3.63, 3.8) is 0 Å². The van der Waals surface area contributed by atoms with Gasteiger partial charge >= 0.3 is 0 Å². The Morgan fingerprint density at radius 1 is 1.22 bits per heavy atom. The maximum absolute atomic E-state index is 12.2. The standard InChI is InChI=1S/C22H24IN3O/c1-14-9-20-19(15(2)12-22(3,4)26(20)5)11-17(14)13-24-25-21(27)16-7-6-8-18(23)10-16/h6-13H,1-5H3,(H,25,27)/b24-13+. The maximum Gasteiger partial charge on any atom is 0.271 e. The molecule has 1 amide bonds. The number of aryl methyl sites for hydroxylation is 1. The van der Waals surface area contributed by atoms with Crippen LogP contribution in [-0.4, -0.2) is 24.7 Å². The lowest BCUT2D eigenvalue weighted by Gasteiger charge is -2.41. The van der Waals surface area contributed by atoms with E-state index < -0.39 is 0 Å². The average molecular weight is 473 g/mol. The number of anilines is 1. The Morgan fingerprint density at radius 2 is 1.96 bits per heavy atom. The first-order chi connectivity index (χ1) is 12.7. The molecule has 0 unspecified atom stereocenters. The molecule has 2 aromatic rings. The average Bonchev–Trinajstić information content (AvgIpc) is 2.60. The first kappa shape index (κ1) is 19.6. The van der Waals surface area contributed by atoms with Gasteiger partial charge < -0.3 is 4.90 Å². The second-order valence-corrected chi connectivity index (χ2v) is 8.72. The Labute approximate surface area is 174 Å². The summed E-state index contributed by atoms with van der Waals surface area (Å²) in [5, 5.41) is 4.17. The monoisotopic (exact) mass is 473 g/mol. The highest BCUT2D eigenvalue weighted by Gasteiger charge is 2.28. The third kappa shape index (κ3) is 4.08. The summed E-state index contributed by atoms with van der Waals surface area (Å²) in [5.74, 6) is -0.210. The summed E-state index contributed by atoms with van der Waals surface area (Å²) in [4.78, 5) is 14.5. The van der Waals surface area contributed by atoms with Crippen LogP contribution in [0.4, 0.5) is 5.69 Å². The summed E-state index contributed by atoms with van der Waals surface area (Å²) in [6, 6.07) is 11.8. The molecule has 0 spiro atoms. The van der Waals surface area contributed by atoms with E-state index in [1.54, 1.807) is 12.3 Å². The fourth-order valence-corrected chi connectivity index (χ4v) is 3.85. The molecule has 1 aliphatic rings. The molecule has 140 valence electrons. The zero-order valence-corrected chi connectivity index (χ0v) is 18.5. The highest BCUT2D eigenvalue weighted by molar-refractivity contribution is 14.1. The minimum atomic E-state index is -0.210. The SMILES string of the molecule is CC1=CC(C)(C)N(C)c2cc(C)c(/C=N/NC(=O)c3cccc(I)c3)cc21. The van der Waals surface area contributed by atoms with Crippen LogP contribution in [0.15, 0.2) is 47.6 Å². The minimum absolute atomic E-state index is 0.0136. The van der Waals surface area contributed by atoms with Crippen molar-refractivity contribution in [2.45, 2.75) is 33.2 Å². The van der Waals surface area contributed by atoms with Gasteiger partial charge in [0.05, 0.1) is 11.8 Å². The molecule has 1 N–H and O–H groups in total. The van der Waals surface area contributed by atoms with E-state index in [9.17, 15) is 4.79 Å². The zero-order chi connectivity index (χ0) is 19.8. The Kier molecular flexibility index (Phi) is 5.42. The molecule has 1 heterocycles. The number of amides is 1. The first-order valence-corrected chi connectivity index (χ1v) is 9.94. The van der Waals surface area contributed by atoms with Crippen molar-refractivity contribution in [1.29, 1.82) is 0 Å². The number of benzene rings is 2. The molecule has 4 nitrogen and oxygen atoms in total. The molecule has 0 fully saturated rings. The molecular formula is C22H24IN3O. The lowest BCUT2D eigenvalue weighted by Crippen LogP contribution is -2.42. The number of carbonyl (C=O) groups is 1. The van der Waals surface area contributed by atoms with Crippen molar-refractivity contribution in [1.82, 2.24) is 5.43 Å². The predicted molar refractivity (Wildman–Crippen MR) is 122 cm³/mol. The van der Waals surface area contributed by atoms with E-state index in [0.717, 1.165) is 14.7 Å². The van der Waals surface area contributed by atoms with Crippen LogP contribution < -0.4 is 10.3 Å². The summed E-state index contributed by atoms with van der Waals surface area (Å²) in [6.07, 6.45) is 4.00. The maximum atomic E-state index is 12.2. The van der Waals surface area contributed by atoms with Gasteiger partial charge in [-0.3, -0.25) is 4.79 Å². The lowest BCUT2D eigenvalue weighted by atomic mass is 9.87. The van der Waals surface area contributed by atoms with E-state index in [0.29, 0.717) is 5.56 Å². The molecular weight excluding hydrogens is 449 g/mol. The lowest BCUT2D eigenvalue weighted by molar-refractivity contribution is 0.0955. The van der Waals surface area contributed by atoms with E-state index in [2.05, 4.69) is 91.0 Å². The van der Waals surface area contributed by atoms with Crippen LogP contribution in [0.5, 0.6) is 0 Å². The van der Waals surface area contributed by atoms with Gasteiger partial charge in [0.15, 0.2) is 0 Å². The molecule has 0 aromatic heterocycles. The van der Waals surface area contributed by atoms with E-state index in [-0.39, 0.29) is 11.4 Å². The second-order valence-electron chi connectivity index (χ2n) is 7.48. The number of halogens is 1. The molecule has 2 aromatic carbocycles. The Hall–Kier alpha value is -2.15. The summed E-state index contributed by atoms with van der Waals surface area (Å²) in [7, 11) is 2.12. The van der Waals surface area contributed by atoms with Crippen molar-refractivity contribution in [2.24, 2.45) is 5.10 Å². The Morgan fingerprint density at radius 3 is 2.67 bits per heavy atom. The number of hydrazone groups is 1. The third-order valence-corrected chi connectivity index (χ3v) is 5.73. The number of carbonyl (C=O) groups excluding carboxylic acids is 1. The van der Waals surface area contributed by atoms with Gasteiger partial charge in [-0.15, -0.1) is 0 Å². The number of likely N-dealkylation sites (N-methyl/N-ethyl adjacent to an activating group) is 1. The molecule has 0 aliphatic carbocycles. The fraction of sp³-hybridized carbons (Fsp3) is 0.273. The summed E-state index contributed by atoms with van der Waals surface area (Å²) >= 11 is 2.19. The first-order valence-electron chi connectivity index (χ1n) is 8.86.